The van der Waals surface area contributed by atoms with Gasteiger partial charge in [-0.2, -0.15) is 8.78 Å². The van der Waals surface area contributed by atoms with Gasteiger partial charge < -0.3 is 4.74 Å². The van der Waals surface area contributed by atoms with E-state index in [2.05, 4.69) is 42.0 Å². The van der Waals surface area contributed by atoms with Crippen LogP contribution in [0.2, 0.25) is 0 Å². The molecule has 0 bridgehead atoms. The third-order valence-electron chi connectivity index (χ3n) is 6.04. The average Bonchev–Trinajstić information content (AvgIpc) is 2.74. The number of benzene rings is 2. The summed E-state index contributed by atoms with van der Waals surface area (Å²) in [5.41, 5.74) is 3.56. The summed E-state index contributed by atoms with van der Waals surface area (Å²) in [7, 11) is 0. The van der Waals surface area contributed by atoms with Crippen LogP contribution in [0.5, 0.6) is 5.75 Å². The first-order chi connectivity index (χ1) is 14.1. The van der Waals surface area contributed by atoms with Crippen LogP contribution in [-0.2, 0) is 0 Å². The van der Waals surface area contributed by atoms with Crippen molar-refractivity contribution in [2.24, 2.45) is 5.92 Å². The minimum atomic E-state index is -2.79. The molecule has 156 valence electrons. The van der Waals surface area contributed by atoms with Crippen LogP contribution in [-0.4, -0.2) is 6.61 Å². The fourth-order valence-electron chi connectivity index (χ4n) is 4.30. The van der Waals surface area contributed by atoms with Gasteiger partial charge in [-0.3, -0.25) is 0 Å². The monoisotopic (exact) mass is 398 g/mol. The van der Waals surface area contributed by atoms with E-state index in [0.717, 1.165) is 17.0 Å². The van der Waals surface area contributed by atoms with Crippen LogP contribution in [0.15, 0.2) is 48.5 Å². The maximum absolute atomic E-state index is 12.2. The SMILES string of the molecule is CCCCC[C@H]1CC[C@H](c2ccc(C=Cc3ccc(OC(F)F)cc3)cc2)CC1. The van der Waals surface area contributed by atoms with Crippen LogP contribution >= 0.6 is 0 Å². The molecule has 0 aliphatic heterocycles. The molecule has 1 aliphatic carbocycles. The van der Waals surface area contributed by atoms with Crippen LogP contribution in [0.4, 0.5) is 8.78 Å². The molecule has 1 nitrogen and oxygen atoms in total. The molecule has 3 rings (SSSR count). The van der Waals surface area contributed by atoms with Crippen molar-refractivity contribution in [3.8, 4) is 5.75 Å². The minimum absolute atomic E-state index is 0.182. The van der Waals surface area contributed by atoms with Crippen molar-refractivity contribution in [2.45, 2.75) is 70.8 Å². The standard InChI is InChI=1S/C26H32F2O/c1-2-3-4-5-20-8-14-23(15-9-20)24-16-10-21(11-17-24)6-7-22-12-18-25(19-13-22)29-26(27)28/h6-7,10-13,16-20,23,26H,2-5,8-9,14-15H2,1H3/t20-,23-. The highest BCUT2D eigenvalue weighted by molar-refractivity contribution is 5.69. The zero-order chi connectivity index (χ0) is 20.5. The van der Waals surface area contributed by atoms with Crippen molar-refractivity contribution in [3.63, 3.8) is 0 Å². The smallest absolute Gasteiger partial charge is 0.387 e. The Morgan fingerprint density at radius 3 is 2.00 bits per heavy atom. The van der Waals surface area contributed by atoms with Gasteiger partial charge in [0.1, 0.15) is 5.75 Å². The molecule has 0 heterocycles. The Morgan fingerprint density at radius 2 is 1.45 bits per heavy atom. The number of halogens is 2. The minimum Gasteiger partial charge on any atom is -0.435 e. The second-order valence-corrected chi connectivity index (χ2v) is 8.16. The summed E-state index contributed by atoms with van der Waals surface area (Å²) >= 11 is 0. The summed E-state index contributed by atoms with van der Waals surface area (Å²) in [5.74, 6) is 1.83. The maximum Gasteiger partial charge on any atom is 0.387 e. The van der Waals surface area contributed by atoms with Gasteiger partial charge >= 0.3 is 6.61 Å². The third-order valence-corrected chi connectivity index (χ3v) is 6.04. The van der Waals surface area contributed by atoms with E-state index in [9.17, 15) is 8.78 Å². The second-order valence-electron chi connectivity index (χ2n) is 8.16. The lowest BCUT2D eigenvalue weighted by atomic mass is 9.77. The predicted octanol–water partition coefficient (Wildman–Crippen LogP) is 8.31. The van der Waals surface area contributed by atoms with Crippen LogP contribution in [0, 0.1) is 5.92 Å². The quantitative estimate of drug-likeness (QED) is 0.305. The Bertz CT molecular complexity index is 741. The van der Waals surface area contributed by atoms with Crippen LogP contribution in [0.25, 0.3) is 12.2 Å². The largest absolute Gasteiger partial charge is 0.435 e. The molecule has 1 saturated carbocycles. The first kappa shape index (κ1) is 21.5. The van der Waals surface area contributed by atoms with Crippen LogP contribution in [0.1, 0.15) is 80.9 Å². The number of rotatable bonds is 9. The van der Waals surface area contributed by atoms with E-state index in [1.54, 1.807) is 24.3 Å². The molecule has 0 radical (unpaired) electrons. The molecule has 1 fully saturated rings. The Balaban J connectivity index is 1.49. The van der Waals surface area contributed by atoms with Crippen molar-refractivity contribution in [1.82, 2.24) is 0 Å². The van der Waals surface area contributed by atoms with Crippen molar-refractivity contribution in [3.05, 3.63) is 65.2 Å². The topological polar surface area (TPSA) is 9.23 Å². The summed E-state index contributed by atoms with van der Waals surface area (Å²) in [6.45, 7) is -0.511. The second kappa shape index (κ2) is 11.1. The first-order valence-electron chi connectivity index (χ1n) is 11.0. The van der Waals surface area contributed by atoms with Crippen molar-refractivity contribution in [1.29, 1.82) is 0 Å². The van der Waals surface area contributed by atoms with E-state index < -0.39 is 6.61 Å². The Kier molecular flexibility index (Phi) is 8.27. The fraction of sp³-hybridized carbons (Fsp3) is 0.462. The van der Waals surface area contributed by atoms with Crippen molar-refractivity contribution >= 4 is 12.2 Å². The van der Waals surface area contributed by atoms with Gasteiger partial charge in [-0.15, -0.1) is 0 Å². The summed E-state index contributed by atoms with van der Waals surface area (Å²) in [4.78, 5) is 0. The van der Waals surface area contributed by atoms with Crippen LogP contribution in [0.3, 0.4) is 0 Å². The molecule has 0 unspecified atom stereocenters. The van der Waals surface area contributed by atoms with E-state index in [4.69, 9.17) is 0 Å². The highest BCUT2D eigenvalue weighted by Crippen LogP contribution is 2.37. The molecule has 0 aromatic heterocycles. The highest BCUT2D eigenvalue weighted by atomic mass is 19.3. The lowest BCUT2D eigenvalue weighted by Crippen LogP contribution is -2.13. The molecule has 0 saturated heterocycles. The Hall–Kier alpha value is -2.16. The molecule has 0 atom stereocenters. The van der Waals surface area contributed by atoms with Gasteiger partial charge in [-0.1, -0.05) is 81.2 Å². The van der Waals surface area contributed by atoms with E-state index >= 15 is 0 Å². The molecule has 0 spiro atoms. The number of unbranched alkanes of at least 4 members (excludes halogenated alkanes) is 2. The number of ether oxygens (including phenoxy) is 1. The van der Waals surface area contributed by atoms with Gasteiger partial charge in [0.25, 0.3) is 0 Å². The van der Waals surface area contributed by atoms with E-state index in [0.29, 0.717) is 5.92 Å². The molecule has 3 heteroatoms. The molecule has 1 aliphatic rings. The zero-order valence-corrected chi connectivity index (χ0v) is 17.3. The van der Waals surface area contributed by atoms with Crippen molar-refractivity contribution in [2.75, 3.05) is 0 Å². The summed E-state index contributed by atoms with van der Waals surface area (Å²) in [6.07, 6.45) is 14.9. The fourth-order valence-corrected chi connectivity index (χ4v) is 4.30. The summed E-state index contributed by atoms with van der Waals surface area (Å²) < 4.78 is 28.8. The van der Waals surface area contributed by atoms with Gasteiger partial charge in [-0.05, 0) is 66.3 Å². The molecular formula is C26H32F2O. The lowest BCUT2D eigenvalue weighted by Gasteiger charge is -2.29. The third kappa shape index (κ3) is 6.99. The highest BCUT2D eigenvalue weighted by Gasteiger charge is 2.21. The van der Waals surface area contributed by atoms with Gasteiger partial charge in [0, 0.05) is 0 Å². The zero-order valence-electron chi connectivity index (χ0n) is 17.3. The van der Waals surface area contributed by atoms with Gasteiger partial charge in [-0.25, -0.2) is 0 Å². The average molecular weight is 399 g/mol. The van der Waals surface area contributed by atoms with Gasteiger partial charge in [0.15, 0.2) is 0 Å². The van der Waals surface area contributed by atoms with E-state index in [1.807, 2.05) is 6.08 Å². The van der Waals surface area contributed by atoms with Gasteiger partial charge in [0.05, 0.1) is 0 Å². The van der Waals surface area contributed by atoms with Gasteiger partial charge in [0.2, 0.25) is 0 Å². The van der Waals surface area contributed by atoms with Crippen LogP contribution < -0.4 is 4.74 Å². The molecule has 2 aromatic rings. The Labute approximate surface area is 173 Å². The van der Waals surface area contributed by atoms with E-state index in [1.165, 1.54) is 56.9 Å². The summed E-state index contributed by atoms with van der Waals surface area (Å²) in [6, 6.07) is 15.6. The van der Waals surface area contributed by atoms with E-state index in [-0.39, 0.29) is 5.75 Å². The molecule has 2 aromatic carbocycles. The predicted molar refractivity (Wildman–Crippen MR) is 117 cm³/mol. The normalized spacial score (nSPS) is 19.7. The maximum atomic E-state index is 12.2. The molecular weight excluding hydrogens is 366 g/mol. The summed E-state index contributed by atoms with van der Waals surface area (Å²) in [5, 5.41) is 0. The molecule has 0 N–H and O–H groups in total. The molecule has 29 heavy (non-hydrogen) atoms. The number of hydrogen-bond acceptors (Lipinski definition) is 1. The first-order valence-corrected chi connectivity index (χ1v) is 11.0. The van der Waals surface area contributed by atoms with Crippen molar-refractivity contribution < 1.29 is 13.5 Å². The molecule has 0 amide bonds. The Morgan fingerprint density at radius 1 is 0.862 bits per heavy atom. The lowest BCUT2D eigenvalue weighted by molar-refractivity contribution is -0.0498. The number of hydrogen-bond donors (Lipinski definition) is 0. The number of alkyl halides is 2.